The zero-order chi connectivity index (χ0) is 32.4. The smallest absolute Gasteiger partial charge is 0.287 e. The molecule has 0 aliphatic carbocycles. The molecule has 2 aliphatic rings. The normalized spacial score (nSPS) is 16.2. The number of hydrogen-bond acceptors (Lipinski definition) is 5. The fraction of sp³-hybridized carbons (Fsp3) is 0.351. The van der Waals surface area contributed by atoms with Gasteiger partial charge in [-0.1, -0.05) is 48.0 Å². The van der Waals surface area contributed by atoms with E-state index in [0.29, 0.717) is 42.0 Å². The van der Waals surface area contributed by atoms with E-state index in [1.165, 1.54) is 11.6 Å². The van der Waals surface area contributed by atoms with Crippen LogP contribution in [0.1, 0.15) is 70.0 Å². The van der Waals surface area contributed by atoms with Crippen LogP contribution >= 0.6 is 11.6 Å². The summed E-state index contributed by atoms with van der Waals surface area (Å²) in [6, 6.07) is 19.3. The Kier molecular flexibility index (Phi) is 9.27. The molecule has 0 saturated carbocycles. The van der Waals surface area contributed by atoms with Crippen LogP contribution in [0.5, 0.6) is 0 Å². The third-order valence-electron chi connectivity index (χ3n) is 9.36. The highest BCUT2D eigenvalue weighted by Gasteiger charge is 2.32. The maximum atomic E-state index is 14.0. The lowest BCUT2D eigenvalue weighted by atomic mass is 9.86. The molecule has 1 atom stereocenters. The van der Waals surface area contributed by atoms with Crippen LogP contribution in [0.3, 0.4) is 0 Å². The molecule has 238 valence electrons. The van der Waals surface area contributed by atoms with Gasteiger partial charge in [0.05, 0.1) is 5.39 Å². The van der Waals surface area contributed by atoms with Gasteiger partial charge >= 0.3 is 0 Å². The SMILES string of the molecule is Cc1cc2oc(C(=O)N[C@@H](Cc3ccc(Cl)cc3)C(=O)N3CCC(c4ccccc4CN4CCCC4=O)CC3)cc(=O)c2cc1C. The van der Waals surface area contributed by atoms with Crippen molar-refractivity contribution in [2.24, 2.45) is 0 Å². The van der Waals surface area contributed by atoms with E-state index in [4.69, 9.17) is 16.0 Å². The van der Waals surface area contributed by atoms with Crippen LogP contribution in [0, 0.1) is 13.8 Å². The molecule has 1 aromatic heterocycles. The minimum Gasteiger partial charge on any atom is -0.451 e. The number of carbonyl (C=O) groups excluding carboxylic acids is 3. The van der Waals surface area contributed by atoms with Crippen molar-refractivity contribution in [2.75, 3.05) is 19.6 Å². The highest BCUT2D eigenvalue weighted by molar-refractivity contribution is 6.30. The van der Waals surface area contributed by atoms with Gasteiger partial charge in [0.2, 0.25) is 11.8 Å². The van der Waals surface area contributed by atoms with Crippen LogP contribution in [0.4, 0.5) is 0 Å². The van der Waals surface area contributed by atoms with Crippen molar-refractivity contribution in [3.05, 3.63) is 116 Å². The zero-order valence-electron chi connectivity index (χ0n) is 26.2. The summed E-state index contributed by atoms with van der Waals surface area (Å²) < 4.78 is 5.88. The van der Waals surface area contributed by atoms with Crippen LogP contribution in [0.2, 0.25) is 5.02 Å². The van der Waals surface area contributed by atoms with Crippen molar-refractivity contribution in [1.29, 1.82) is 0 Å². The molecule has 0 radical (unpaired) electrons. The van der Waals surface area contributed by atoms with Crippen LogP contribution in [0.15, 0.2) is 75.9 Å². The van der Waals surface area contributed by atoms with Gasteiger partial charge < -0.3 is 19.5 Å². The molecule has 4 aromatic rings. The minimum atomic E-state index is -0.876. The fourth-order valence-electron chi connectivity index (χ4n) is 6.59. The second kappa shape index (κ2) is 13.5. The van der Waals surface area contributed by atoms with Gasteiger partial charge in [-0.05, 0) is 91.1 Å². The first-order valence-electron chi connectivity index (χ1n) is 15.9. The fourth-order valence-corrected chi connectivity index (χ4v) is 6.72. The summed E-state index contributed by atoms with van der Waals surface area (Å²) in [7, 11) is 0. The van der Waals surface area contributed by atoms with E-state index in [2.05, 4.69) is 17.4 Å². The summed E-state index contributed by atoms with van der Waals surface area (Å²) in [6.45, 7) is 6.32. The first-order chi connectivity index (χ1) is 22.2. The second-order valence-electron chi connectivity index (χ2n) is 12.5. The van der Waals surface area contributed by atoms with Crippen LogP contribution < -0.4 is 10.7 Å². The minimum absolute atomic E-state index is 0.138. The number of hydrogen-bond donors (Lipinski definition) is 1. The van der Waals surface area contributed by atoms with Gasteiger partial charge in [-0.25, -0.2) is 0 Å². The molecule has 46 heavy (non-hydrogen) atoms. The van der Waals surface area contributed by atoms with Crippen molar-refractivity contribution in [3.8, 4) is 0 Å². The molecule has 0 unspecified atom stereocenters. The van der Waals surface area contributed by atoms with E-state index in [1.807, 2.05) is 47.9 Å². The van der Waals surface area contributed by atoms with Gasteiger partial charge in [-0.15, -0.1) is 0 Å². The average molecular weight is 640 g/mol. The van der Waals surface area contributed by atoms with Crippen molar-refractivity contribution >= 4 is 40.3 Å². The molecule has 1 N–H and O–H groups in total. The molecule has 2 aliphatic heterocycles. The summed E-state index contributed by atoms with van der Waals surface area (Å²) >= 11 is 6.10. The molecule has 9 heteroatoms. The number of amides is 3. The third-order valence-corrected chi connectivity index (χ3v) is 9.61. The molecule has 8 nitrogen and oxygen atoms in total. The summed E-state index contributed by atoms with van der Waals surface area (Å²) in [5, 5.41) is 3.86. The Balaban J connectivity index is 1.19. The Bertz CT molecular complexity index is 1840. The number of likely N-dealkylation sites (tertiary alicyclic amines) is 2. The van der Waals surface area contributed by atoms with Crippen molar-refractivity contribution in [1.82, 2.24) is 15.1 Å². The van der Waals surface area contributed by atoms with Crippen LogP contribution in [-0.4, -0.2) is 53.2 Å². The molecule has 3 heterocycles. The van der Waals surface area contributed by atoms with Crippen molar-refractivity contribution in [3.63, 3.8) is 0 Å². The highest BCUT2D eigenvalue weighted by Crippen LogP contribution is 2.32. The van der Waals surface area contributed by atoms with Crippen molar-refractivity contribution in [2.45, 2.75) is 64.5 Å². The molecule has 2 saturated heterocycles. The van der Waals surface area contributed by atoms with Crippen LogP contribution in [0.25, 0.3) is 11.0 Å². The van der Waals surface area contributed by atoms with E-state index in [-0.39, 0.29) is 35.3 Å². The Morgan fingerprint density at radius 3 is 2.39 bits per heavy atom. The quantitative estimate of drug-likeness (QED) is 0.258. The Morgan fingerprint density at radius 1 is 0.957 bits per heavy atom. The summed E-state index contributed by atoms with van der Waals surface area (Å²) in [6.07, 6.45) is 3.32. The summed E-state index contributed by atoms with van der Waals surface area (Å²) in [4.78, 5) is 56.5. The van der Waals surface area contributed by atoms with Gasteiger partial charge in [0, 0.05) is 50.1 Å². The summed E-state index contributed by atoms with van der Waals surface area (Å²) in [5.41, 5.74) is 5.16. The first-order valence-corrected chi connectivity index (χ1v) is 16.3. The van der Waals surface area contributed by atoms with Gasteiger partial charge in [0.1, 0.15) is 11.6 Å². The third kappa shape index (κ3) is 6.87. The Hall–Kier alpha value is -4.43. The number of nitrogens with zero attached hydrogens (tertiary/aromatic N) is 2. The van der Waals surface area contributed by atoms with Gasteiger partial charge in [-0.2, -0.15) is 0 Å². The van der Waals surface area contributed by atoms with E-state index in [0.717, 1.165) is 48.1 Å². The number of fused-ring (bicyclic) bond motifs is 1. The molecule has 3 aromatic carbocycles. The van der Waals surface area contributed by atoms with Crippen molar-refractivity contribution < 1.29 is 18.8 Å². The average Bonchev–Trinajstić information content (AvgIpc) is 3.46. The largest absolute Gasteiger partial charge is 0.451 e. The van der Waals surface area contributed by atoms with Gasteiger partial charge in [0.25, 0.3) is 5.91 Å². The van der Waals surface area contributed by atoms with E-state index < -0.39 is 11.9 Å². The predicted octanol–water partition coefficient (Wildman–Crippen LogP) is 5.93. The Labute approximate surface area is 273 Å². The standard InChI is InChI=1S/C37H38ClN3O5/c1-23-18-30-32(42)21-34(46-33(30)19-24(23)2)36(44)39-31(20-25-9-11-28(38)12-10-25)37(45)40-16-13-26(14-17-40)29-7-4-3-6-27(29)22-41-15-5-8-35(41)43/h3-4,6-7,9-12,18-19,21,26,31H,5,8,13-17,20,22H2,1-2H3,(H,39,44)/t31-/m0/s1. The molecule has 6 rings (SSSR count). The maximum Gasteiger partial charge on any atom is 0.287 e. The molecule has 3 amide bonds. The second-order valence-corrected chi connectivity index (χ2v) is 12.9. The lowest BCUT2D eigenvalue weighted by Gasteiger charge is -2.35. The number of carbonyl (C=O) groups is 3. The van der Waals surface area contributed by atoms with Crippen LogP contribution in [-0.2, 0) is 22.6 Å². The molecular weight excluding hydrogens is 602 g/mol. The van der Waals surface area contributed by atoms with Gasteiger partial charge in [0.15, 0.2) is 11.2 Å². The number of rotatable bonds is 8. The molecule has 2 fully saturated rings. The highest BCUT2D eigenvalue weighted by atomic mass is 35.5. The Morgan fingerprint density at radius 2 is 1.67 bits per heavy atom. The number of benzene rings is 3. The lowest BCUT2D eigenvalue weighted by Crippen LogP contribution is -2.51. The molecular formula is C37H38ClN3O5. The zero-order valence-corrected chi connectivity index (χ0v) is 26.9. The topological polar surface area (TPSA) is 99.9 Å². The molecule has 0 spiro atoms. The van der Waals surface area contributed by atoms with Gasteiger partial charge in [-0.3, -0.25) is 19.2 Å². The number of nitrogens with one attached hydrogen (secondary N) is 1. The first kappa shape index (κ1) is 31.5. The lowest BCUT2D eigenvalue weighted by molar-refractivity contribution is -0.134. The molecule has 0 bridgehead atoms. The predicted molar refractivity (Wildman–Crippen MR) is 178 cm³/mol. The number of piperidine rings is 1. The summed E-state index contributed by atoms with van der Waals surface area (Å²) in [5.74, 6) is -0.475. The number of halogens is 1. The van der Waals surface area contributed by atoms with E-state index in [9.17, 15) is 19.2 Å². The monoisotopic (exact) mass is 639 g/mol. The van der Waals surface area contributed by atoms with E-state index in [1.54, 1.807) is 24.3 Å². The number of aryl methyl sites for hydroxylation is 2. The van der Waals surface area contributed by atoms with E-state index >= 15 is 0 Å². The maximum absolute atomic E-state index is 14.0.